The Morgan fingerprint density at radius 2 is 2.35 bits per heavy atom. The smallest absolute Gasteiger partial charge is 0.164 e. The highest BCUT2D eigenvalue weighted by Gasteiger charge is 2.22. The van der Waals surface area contributed by atoms with Gasteiger partial charge in [0.2, 0.25) is 0 Å². The fourth-order valence-corrected chi connectivity index (χ4v) is 2.47. The lowest BCUT2D eigenvalue weighted by Gasteiger charge is -2.14. The van der Waals surface area contributed by atoms with Gasteiger partial charge in [0.15, 0.2) is 5.78 Å². The molecule has 1 aliphatic carbocycles. The lowest BCUT2D eigenvalue weighted by Crippen LogP contribution is -2.14. The van der Waals surface area contributed by atoms with E-state index in [-0.39, 0.29) is 5.78 Å². The van der Waals surface area contributed by atoms with Gasteiger partial charge in [-0.1, -0.05) is 0 Å². The van der Waals surface area contributed by atoms with Crippen LogP contribution in [0.25, 0.3) is 0 Å². The Balaban J connectivity index is 2.02. The Morgan fingerprint density at radius 3 is 3.12 bits per heavy atom. The Labute approximate surface area is 98.9 Å². The molecule has 0 atom stereocenters. The molecule has 1 N–H and O–H groups in total. The van der Waals surface area contributed by atoms with Gasteiger partial charge in [-0.05, 0) is 25.8 Å². The number of aryl methyl sites for hydroxylation is 1. The van der Waals surface area contributed by atoms with E-state index in [1.807, 2.05) is 13.0 Å². The van der Waals surface area contributed by atoms with E-state index in [0.29, 0.717) is 13.0 Å². The molecule has 0 unspecified atom stereocenters. The number of rotatable bonds is 2. The summed E-state index contributed by atoms with van der Waals surface area (Å²) in [4.78, 5) is 15.9. The van der Waals surface area contributed by atoms with Crippen molar-refractivity contribution in [2.75, 3.05) is 0 Å². The van der Waals surface area contributed by atoms with E-state index in [2.05, 4.69) is 19.7 Å². The monoisotopic (exact) mass is 230 g/mol. The number of H-pyrrole nitrogens is 1. The molecule has 2 aromatic rings. The number of ketones is 1. The number of aromatic nitrogens is 4. The molecular formula is C12H14N4O. The third kappa shape index (κ3) is 1.67. The highest BCUT2D eigenvalue weighted by atomic mass is 16.1. The molecule has 0 spiro atoms. The van der Waals surface area contributed by atoms with Crippen LogP contribution in [-0.4, -0.2) is 25.5 Å². The lowest BCUT2D eigenvalue weighted by atomic mass is 9.97. The number of hydrogen-bond donors (Lipinski definition) is 1. The number of nitrogens with zero attached hydrogens (tertiary/aromatic N) is 3. The molecule has 3 rings (SSSR count). The molecule has 0 saturated heterocycles. The molecule has 0 amide bonds. The normalized spacial score (nSPS) is 15.0. The number of aromatic amines is 1. The first-order valence-corrected chi connectivity index (χ1v) is 5.82. The number of hydrogen-bond acceptors (Lipinski definition) is 3. The Hall–Kier alpha value is -1.91. The first-order valence-electron chi connectivity index (χ1n) is 5.82. The molecule has 5 heteroatoms. The minimum Gasteiger partial charge on any atom is -0.341 e. The minimum absolute atomic E-state index is 0.269. The van der Waals surface area contributed by atoms with Crippen LogP contribution >= 0.6 is 0 Å². The van der Waals surface area contributed by atoms with E-state index in [0.717, 1.165) is 35.6 Å². The van der Waals surface area contributed by atoms with Gasteiger partial charge in [0.05, 0.1) is 6.54 Å². The van der Waals surface area contributed by atoms with Crippen molar-refractivity contribution < 1.29 is 4.79 Å². The van der Waals surface area contributed by atoms with Gasteiger partial charge in [0.25, 0.3) is 0 Å². The van der Waals surface area contributed by atoms with Crippen LogP contribution in [0.15, 0.2) is 12.4 Å². The first kappa shape index (κ1) is 10.3. The molecule has 2 heterocycles. The van der Waals surface area contributed by atoms with Crippen molar-refractivity contribution >= 4 is 5.78 Å². The van der Waals surface area contributed by atoms with Crippen molar-refractivity contribution in [2.45, 2.75) is 32.7 Å². The highest BCUT2D eigenvalue weighted by Crippen LogP contribution is 2.25. The summed E-state index contributed by atoms with van der Waals surface area (Å²) >= 11 is 0. The summed E-state index contributed by atoms with van der Waals surface area (Å²) in [5.74, 6) is 1.09. The minimum atomic E-state index is 0.269. The lowest BCUT2D eigenvalue weighted by molar-refractivity contribution is 0.0972. The second kappa shape index (κ2) is 3.84. The van der Waals surface area contributed by atoms with Gasteiger partial charge in [0, 0.05) is 23.4 Å². The number of nitrogens with one attached hydrogen (secondary N) is 1. The van der Waals surface area contributed by atoms with Crippen LogP contribution in [0, 0.1) is 6.92 Å². The van der Waals surface area contributed by atoms with E-state index < -0.39 is 0 Å². The van der Waals surface area contributed by atoms with E-state index in [4.69, 9.17) is 0 Å². The molecule has 0 aromatic carbocycles. The van der Waals surface area contributed by atoms with Gasteiger partial charge < -0.3 is 4.57 Å². The second-order valence-electron chi connectivity index (χ2n) is 4.44. The van der Waals surface area contributed by atoms with Gasteiger partial charge in [-0.25, -0.2) is 4.98 Å². The van der Waals surface area contributed by atoms with E-state index in [1.54, 1.807) is 0 Å². The van der Waals surface area contributed by atoms with Crippen LogP contribution in [0.4, 0.5) is 0 Å². The predicted octanol–water partition coefficient (Wildman–Crippen LogP) is 1.48. The summed E-state index contributed by atoms with van der Waals surface area (Å²) in [6, 6.07) is 1.99. The standard InChI is InChI=1S/C12H14N4O/c1-8-5-9-10(3-2-4-11(9)17)16(8)6-12-13-7-14-15-12/h5,7H,2-4,6H2,1H3,(H,13,14,15). The van der Waals surface area contributed by atoms with Crippen LogP contribution in [0.2, 0.25) is 0 Å². The summed E-state index contributed by atoms with van der Waals surface area (Å²) in [6.45, 7) is 2.69. The van der Waals surface area contributed by atoms with E-state index >= 15 is 0 Å². The van der Waals surface area contributed by atoms with Gasteiger partial charge in [-0.15, -0.1) is 0 Å². The predicted molar refractivity (Wildman–Crippen MR) is 61.9 cm³/mol. The molecule has 0 saturated carbocycles. The maximum atomic E-state index is 11.8. The van der Waals surface area contributed by atoms with Crippen molar-refractivity contribution in [1.29, 1.82) is 0 Å². The van der Waals surface area contributed by atoms with Crippen LogP contribution in [-0.2, 0) is 13.0 Å². The average molecular weight is 230 g/mol. The fraction of sp³-hybridized carbons (Fsp3) is 0.417. The molecular weight excluding hydrogens is 216 g/mol. The quantitative estimate of drug-likeness (QED) is 0.850. The van der Waals surface area contributed by atoms with Crippen LogP contribution in [0.3, 0.4) is 0 Å². The van der Waals surface area contributed by atoms with Gasteiger partial charge in [0.1, 0.15) is 12.2 Å². The van der Waals surface area contributed by atoms with Crippen molar-refractivity contribution in [3.05, 3.63) is 35.2 Å². The molecule has 0 radical (unpaired) electrons. The molecule has 1 aliphatic rings. The molecule has 2 aromatic heterocycles. The largest absolute Gasteiger partial charge is 0.341 e. The fourth-order valence-electron chi connectivity index (χ4n) is 2.47. The van der Waals surface area contributed by atoms with Crippen molar-refractivity contribution in [3.8, 4) is 0 Å². The molecule has 5 nitrogen and oxygen atoms in total. The summed E-state index contributed by atoms with van der Waals surface area (Å²) in [5.41, 5.74) is 3.16. The zero-order valence-electron chi connectivity index (χ0n) is 9.73. The molecule has 0 fully saturated rings. The zero-order valence-corrected chi connectivity index (χ0v) is 9.73. The van der Waals surface area contributed by atoms with Crippen molar-refractivity contribution in [3.63, 3.8) is 0 Å². The maximum Gasteiger partial charge on any atom is 0.164 e. The SMILES string of the molecule is Cc1cc2c(n1Cc1ncn[nH]1)CCCC2=O. The summed E-state index contributed by atoms with van der Waals surface area (Å²) in [6.07, 6.45) is 4.11. The molecule has 0 aliphatic heterocycles. The maximum absolute atomic E-state index is 11.8. The van der Waals surface area contributed by atoms with Gasteiger partial charge in [-0.2, -0.15) is 5.10 Å². The van der Waals surface area contributed by atoms with Crippen LogP contribution in [0.1, 0.15) is 40.4 Å². The van der Waals surface area contributed by atoms with Crippen LogP contribution in [0.5, 0.6) is 0 Å². The third-order valence-electron chi connectivity index (χ3n) is 3.31. The summed E-state index contributed by atoms with van der Waals surface area (Å²) in [7, 11) is 0. The Bertz CT molecular complexity index is 553. The first-order chi connectivity index (χ1) is 8.25. The average Bonchev–Trinajstić information content (AvgIpc) is 2.91. The highest BCUT2D eigenvalue weighted by molar-refractivity contribution is 5.98. The molecule has 88 valence electrons. The third-order valence-corrected chi connectivity index (χ3v) is 3.31. The zero-order chi connectivity index (χ0) is 11.8. The number of carbonyl (C=O) groups is 1. The summed E-state index contributed by atoms with van der Waals surface area (Å²) < 4.78 is 2.16. The molecule has 0 bridgehead atoms. The number of Topliss-reactive ketones (excluding diaryl/α,β-unsaturated/α-hetero) is 1. The van der Waals surface area contributed by atoms with Crippen LogP contribution < -0.4 is 0 Å². The Kier molecular flexibility index (Phi) is 2.31. The van der Waals surface area contributed by atoms with Gasteiger partial charge >= 0.3 is 0 Å². The van der Waals surface area contributed by atoms with Crippen molar-refractivity contribution in [2.24, 2.45) is 0 Å². The van der Waals surface area contributed by atoms with E-state index in [9.17, 15) is 4.79 Å². The second-order valence-corrected chi connectivity index (χ2v) is 4.44. The van der Waals surface area contributed by atoms with Gasteiger partial charge in [-0.3, -0.25) is 9.89 Å². The number of fused-ring (bicyclic) bond motifs is 1. The topological polar surface area (TPSA) is 63.6 Å². The number of carbonyl (C=O) groups excluding carboxylic acids is 1. The Morgan fingerprint density at radius 1 is 1.47 bits per heavy atom. The summed E-state index contributed by atoms with van der Waals surface area (Å²) in [5, 5.41) is 6.70. The van der Waals surface area contributed by atoms with Crippen molar-refractivity contribution in [1.82, 2.24) is 19.7 Å². The van der Waals surface area contributed by atoms with E-state index in [1.165, 1.54) is 6.33 Å². The molecule has 17 heavy (non-hydrogen) atoms.